The number of amides is 2. The Kier molecular flexibility index (Phi) is 5.84. The van der Waals surface area contributed by atoms with Gasteiger partial charge in [0.25, 0.3) is 0 Å². The molecular weight excluding hydrogens is 380 g/mol. The van der Waals surface area contributed by atoms with Crippen molar-refractivity contribution in [3.8, 4) is 0 Å². The zero-order valence-corrected chi connectivity index (χ0v) is 16.6. The Labute approximate surface area is 165 Å². The first-order chi connectivity index (χ1) is 12.9. The highest BCUT2D eigenvalue weighted by atomic mass is 32.2. The highest BCUT2D eigenvalue weighted by Gasteiger charge is 2.27. The first-order valence-corrected chi connectivity index (χ1v) is 10.4. The van der Waals surface area contributed by atoms with Gasteiger partial charge < -0.3 is 15.7 Å². The summed E-state index contributed by atoms with van der Waals surface area (Å²) < 4.78 is 1.06. The summed E-state index contributed by atoms with van der Waals surface area (Å²) in [6.07, 6.45) is 1.90. The average molecular weight is 401 g/mol. The van der Waals surface area contributed by atoms with E-state index in [9.17, 15) is 14.7 Å². The van der Waals surface area contributed by atoms with Crippen molar-refractivity contribution < 1.29 is 14.7 Å². The van der Waals surface area contributed by atoms with Crippen LogP contribution in [-0.2, 0) is 15.2 Å². The number of para-hydroxylation sites is 1. The van der Waals surface area contributed by atoms with Crippen LogP contribution < -0.4 is 10.6 Å². The molecule has 3 N–H and O–H groups in total. The molecule has 0 bridgehead atoms. The van der Waals surface area contributed by atoms with Gasteiger partial charge in [-0.05, 0) is 42.8 Å². The van der Waals surface area contributed by atoms with E-state index in [-0.39, 0.29) is 6.54 Å². The summed E-state index contributed by atoms with van der Waals surface area (Å²) in [5.41, 5.74) is -0.682. The van der Waals surface area contributed by atoms with Gasteiger partial charge in [-0.15, -0.1) is 23.1 Å². The molecule has 0 spiro atoms. The predicted molar refractivity (Wildman–Crippen MR) is 111 cm³/mol. The van der Waals surface area contributed by atoms with Crippen LogP contribution in [0.1, 0.15) is 11.8 Å². The minimum absolute atomic E-state index is 0.0593. The molecule has 5 nitrogen and oxygen atoms in total. The van der Waals surface area contributed by atoms with Crippen LogP contribution >= 0.6 is 23.1 Å². The molecule has 1 atom stereocenters. The van der Waals surface area contributed by atoms with E-state index in [1.165, 1.54) is 23.1 Å². The maximum atomic E-state index is 12.2. The third kappa shape index (κ3) is 4.50. The van der Waals surface area contributed by atoms with Crippen molar-refractivity contribution in [1.82, 2.24) is 5.32 Å². The van der Waals surface area contributed by atoms with Crippen molar-refractivity contribution in [2.75, 3.05) is 18.1 Å². The molecule has 7 heteroatoms. The number of thioether (sulfide) groups is 1. The molecule has 27 heavy (non-hydrogen) atoms. The molecule has 0 radical (unpaired) electrons. The fourth-order valence-electron chi connectivity index (χ4n) is 2.59. The van der Waals surface area contributed by atoms with Gasteiger partial charge >= 0.3 is 11.8 Å². The molecule has 0 aliphatic heterocycles. The summed E-state index contributed by atoms with van der Waals surface area (Å²) in [5, 5.41) is 16.9. The molecule has 0 aliphatic carbocycles. The standard InChI is InChI=1S/C20H20N2O3S2/c1-20(25,17-11-13-7-3-5-9-15(13)27-17)12-21-18(23)19(24)22-14-8-4-6-10-16(14)26-2/h3-11,25H,12H2,1-2H3,(H,21,23)(H,22,24)/t20-/m1/s1. The Morgan fingerprint density at radius 3 is 2.56 bits per heavy atom. The van der Waals surface area contributed by atoms with Gasteiger partial charge in [0.1, 0.15) is 5.60 Å². The molecule has 0 saturated carbocycles. The smallest absolute Gasteiger partial charge is 0.313 e. The number of aliphatic hydroxyl groups is 1. The first kappa shape index (κ1) is 19.4. The number of carbonyl (C=O) groups excluding carboxylic acids is 2. The number of nitrogens with one attached hydrogen (secondary N) is 2. The molecule has 140 valence electrons. The van der Waals surface area contributed by atoms with Gasteiger partial charge in [0.2, 0.25) is 0 Å². The third-order valence-corrected chi connectivity index (χ3v) is 6.28. The second-order valence-corrected chi connectivity index (χ2v) is 8.19. The van der Waals surface area contributed by atoms with E-state index in [1.54, 1.807) is 19.1 Å². The van der Waals surface area contributed by atoms with Gasteiger partial charge in [0.05, 0.1) is 12.2 Å². The Morgan fingerprint density at radius 1 is 1.11 bits per heavy atom. The fraction of sp³-hybridized carbons (Fsp3) is 0.200. The SMILES string of the molecule is CSc1ccccc1NC(=O)C(=O)NC[C@@](C)(O)c1cc2ccccc2s1. The zero-order chi connectivity index (χ0) is 19.4. The van der Waals surface area contributed by atoms with Gasteiger partial charge in [-0.3, -0.25) is 9.59 Å². The van der Waals surface area contributed by atoms with Crippen molar-refractivity contribution in [2.45, 2.75) is 17.4 Å². The topological polar surface area (TPSA) is 78.4 Å². The maximum absolute atomic E-state index is 12.2. The number of hydrogen-bond acceptors (Lipinski definition) is 5. The highest BCUT2D eigenvalue weighted by Crippen LogP contribution is 2.32. The minimum Gasteiger partial charge on any atom is -0.383 e. The van der Waals surface area contributed by atoms with Crippen molar-refractivity contribution in [1.29, 1.82) is 0 Å². The van der Waals surface area contributed by atoms with E-state index in [1.807, 2.05) is 48.7 Å². The van der Waals surface area contributed by atoms with Crippen LogP contribution in [0, 0.1) is 0 Å². The van der Waals surface area contributed by atoms with E-state index in [2.05, 4.69) is 10.6 Å². The summed E-state index contributed by atoms with van der Waals surface area (Å²) in [6, 6.07) is 17.0. The maximum Gasteiger partial charge on any atom is 0.313 e. The van der Waals surface area contributed by atoms with Crippen molar-refractivity contribution in [3.05, 3.63) is 59.5 Å². The van der Waals surface area contributed by atoms with E-state index < -0.39 is 17.4 Å². The van der Waals surface area contributed by atoms with E-state index in [0.717, 1.165) is 19.9 Å². The first-order valence-electron chi connectivity index (χ1n) is 8.34. The van der Waals surface area contributed by atoms with Gasteiger partial charge in [-0.1, -0.05) is 30.3 Å². The Morgan fingerprint density at radius 2 is 1.81 bits per heavy atom. The lowest BCUT2D eigenvalue weighted by Gasteiger charge is -2.22. The lowest BCUT2D eigenvalue weighted by atomic mass is 10.0. The number of hydrogen-bond donors (Lipinski definition) is 3. The second kappa shape index (κ2) is 8.12. The minimum atomic E-state index is -1.27. The predicted octanol–water partition coefficient (Wildman–Crippen LogP) is 3.59. The Balaban J connectivity index is 1.64. The molecule has 3 aromatic rings. The Hall–Kier alpha value is -2.35. The normalized spacial score (nSPS) is 13.1. The van der Waals surface area contributed by atoms with Crippen LogP contribution in [0.15, 0.2) is 59.5 Å². The molecular formula is C20H20N2O3S2. The van der Waals surface area contributed by atoms with Crippen LogP contribution in [0.25, 0.3) is 10.1 Å². The molecule has 2 aromatic carbocycles. The van der Waals surface area contributed by atoms with Crippen LogP contribution in [0.5, 0.6) is 0 Å². The van der Waals surface area contributed by atoms with Crippen LogP contribution in [0.2, 0.25) is 0 Å². The number of anilines is 1. The van der Waals surface area contributed by atoms with Gasteiger partial charge in [-0.2, -0.15) is 0 Å². The summed E-state index contributed by atoms with van der Waals surface area (Å²) in [7, 11) is 0. The lowest BCUT2D eigenvalue weighted by Crippen LogP contribution is -2.43. The quantitative estimate of drug-likeness (QED) is 0.452. The zero-order valence-electron chi connectivity index (χ0n) is 15.0. The van der Waals surface area contributed by atoms with Gasteiger partial charge in [0.15, 0.2) is 0 Å². The van der Waals surface area contributed by atoms with Crippen LogP contribution in [0.4, 0.5) is 5.69 Å². The highest BCUT2D eigenvalue weighted by molar-refractivity contribution is 7.98. The summed E-state index contributed by atoms with van der Waals surface area (Å²) in [4.78, 5) is 25.9. The summed E-state index contributed by atoms with van der Waals surface area (Å²) >= 11 is 2.95. The summed E-state index contributed by atoms with van der Waals surface area (Å²) in [5.74, 6) is -1.55. The molecule has 3 rings (SSSR count). The molecule has 0 unspecified atom stereocenters. The molecule has 0 fully saturated rings. The van der Waals surface area contributed by atoms with Crippen molar-refractivity contribution in [2.24, 2.45) is 0 Å². The lowest BCUT2D eigenvalue weighted by molar-refractivity contribution is -0.136. The molecule has 2 amide bonds. The number of carbonyl (C=O) groups is 2. The van der Waals surface area contributed by atoms with E-state index in [4.69, 9.17) is 0 Å². The number of rotatable bonds is 5. The van der Waals surface area contributed by atoms with Crippen LogP contribution in [-0.4, -0.2) is 29.7 Å². The average Bonchev–Trinajstić information content (AvgIpc) is 3.12. The van der Waals surface area contributed by atoms with Crippen molar-refractivity contribution in [3.63, 3.8) is 0 Å². The monoisotopic (exact) mass is 400 g/mol. The molecule has 0 saturated heterocycles. The molecule has 0 aliphatic rings. The fourth-order valence-corrected chi connectivity index (χ4v) is 4.25. The molecule has 1 heterocycles. The second-order valence-electron chi connectivity index (χ2n) is 6.26. The van der Waals surface area contributed by atoms with Gasteiger partial charge in [-0.25, -0.2) is 0 Å². The van der Waals surface area contributed by atoms with Crippen molar-refractivity contribution >= 4 is 50.7 Å². The number of thiophene rings is 1. The summed E-state index contributed by atoms with van der Waals surface area (Å²) in [6.45, 7) is 1.56. The van der Waals surface area contributed by atoms with E-state index >= 15 is 0 Å². The third-order valence-electron chi connectivity index (χ3n) is 4.11. The van der Waals surface area contributed by atoms with Gasteiger partial charge in [0, 0.05) is 14.5 Å². The largest absolute Gasteiger partial charge is 0.383 e. The van der Waals surface area contributed by atoms with E-state index in [0.29, 0.717) is 5.69 Å². The number of benzene rings is 2. The number of fused-ring (bicyclic) bond motifs is 1. The van der Waals surface area contributed by atoms with Crippen LogP contribution in [0.3, 0.4) is 0 Å². The molecule has 1 aromatic heterocycles. The Bertz CT molecular complexity index is 949.